The average molecular weight is 548 g/mol. The van der Waals surface area contributed by atoms with E-state index >= 15 is 4.39 Å². The number of nitrogens with two attached hydrogens (primary N) is 2. The van der Waals surface area contributed by atoms with Crippen molar-refractivity contribution < 1.29 is 18.3 Å². The predicted molar refractivity (Wildman–Crippen MR) is 147 cm³/mol. The van der Waals surface area contributed by atoms with Crippen molar-refractivity contribution in [3.63, 3.8) is 0 Å². The highest BCUT2D eigenvalue weighted by Crippen LogP contribution is 2.38. The van der Waals surface area contributed by atoms with Gasteiger partial charge in [0.2, 0.25) is 5.82 Å². The van der Waals surface area contributed by atoms with Crippen LogP contribution >= 0.6 is 0 Å². The van der Waals surface area contributed by atoms with Gasteiger partial charge in [0.25, 0.3) is 5.91 Å². The zero-order valence-electron chi connectivity index (χ0n) is 22.2. The fourth-order valence-electron chi connectivity index (χ4n) is 5.12. The van der Waals surface area contributed by atoms with Crippen LogP contribution in [0.2, 0.25) is 0 Å². The van der Waals surface area contributed by atoms with Gasteiger partial charge in [-0.1, -0.05) is 0 Å². The number of carbonyl (C=O) groups is 1. The Morgan fingerprint density at radius 3 is 2.62 bits per heavy atom. The Hall–Kier alpha value is -4.09. The van der Waals surface area contributed by atoms with Gasteiger partial charge in [-0.05, 0) is 68.1 Å². The van der Waals surface area contributed by atoms with Gasteiger partial charge in [0.1, 0.15) is 0 Å². The van der Waals surface area contributed by atoms with E-state index in [1.54, 1.807) is 22.9 Å². The number of aryl methyl sites for hydroxylation is 1. The molecule has 0 bridgehead atoms. The standard InChI is InChI=1S/C29H31F2N7O2/c1-17-14-19(2-3-20(17)28(39)37-11-6-18(15-32)7-12-37)36-26-27-35-16-22(38(27)13-10-34-26)21-4-5-23(25(31)24(21)30)40-29(33)8-9-29/h2-5,10,13-14,16,18H,6-9,11-12,15,32-33H2,1H3,(H,34,36). The maximum atomic E-state index is 15.1. The third-order valence-corrected chi connectivity index (χ3v) is 7.76. The number of rotatable bonds is 7. The summed E-state index contributed by atoms with van der Waals surface area (Å²) in [6.07, 6.45) is 7.68. The number of aromatic nitrogens is 3. The third-order valence-electron chi connectivity index (χ3n) is 7.76. The molecule has 0 spiro atoms. The summed E-state index contributed by atoms with van der Waals surface area (Å²) in [5.41, 5.74) is 13.8. The van der Waals surface area contributed by atoms with Crippen LogP contribution in [0.25, 0.3) is 16.9 Å². The van der Waals surface area contributed by atoms with Crippen molar-refractivity contribution in [3.05, 3.63) is 71.7 Å². The van der Waals surface area contributed by atoms with Crippen LogP contribution in [0.1, 0.15) is 41.6 Å². The Balaban J connectivity index is 1.23. The summed E-state index contributed by atoms with van der Waals surface area (Å²) in [5.74, 6) is -1.43. The first kappa shape index (κ1) is 26.1. The van der Waals surface area contributed by atoms with E-state index in [0.717, 1.165) is 24.1 Å². The minimum Gasteiger partial charge on any atom is -0.470 e. The highest BCUT2D eigenvalue weighted by molar-refractivity contribution is 5.96. The summed E-state index contributed by atoms with van der Waals surface area (Å²) < 4.78 is 37.0. The van der Waals surface area contributed by atoms with Gasteiger partial charge in [-0.25, -0.2) is 14.4 Å². The summed E-state index contributed by atoms with van der Waals surface area (Å²) in [4.78, 5) is 23.8. The SMILES string of the molecule is Cc1cc(Nc2nccn3c(-c4ccc(OC5(N)CC5)c(F)c4F)cnc23)ccc1C(=O)N1CCC(CN)CC1. The number of imidazole rings is 1. The predicted octanol–water partition coefficient (Wildman–Crippen LogP) is 4.37. The van der Waals surface area contributed by atoms with Crippen molar-refractivity contribution in [2.75, 3.05) is 25.0 Å². The molecule has 1 saturated heterocycles. The molecule has 208 valence electrons. The normalized spacial score (nSPS) is 16.8. The number of anilines is 2. The maximum absolute atomic E-state index is 15.1. The minimum atomic E-state index is -1.09. The molecule has 1 saturated carbocycles. The molecule has 0 atom stereocenters. The number of nitrogens with zero attached hydrogens (tertiary/aromatic N) is 4. The Labute approximate surface area is 230 Å². The van der Waals surface area contributed by atoms with E-state index in [0.29, 0.717) is 61.1 Å². The first-order chi connectivity index (χ1) is 19.3. The van der Waals surface area contributed by atoms with E-state index in [1.165, 1.54) is 18.3 Å². The molecule has 2 aromatic heterocycles. The summed E-state index contributed by atoms with van der Waals surface area (Å²) in [6.45, 7) is 3.97. The lowest BCUT2D eigenvalue weighted by Gasteiger charge is -2.31. The smallest absolute Gasteiger partial charge is 0.254 e. The quantitative estimate of drug-likeness (QED) is 0.294. The number of hydrogen-bond acceptors (Lipinski definition) is 7. The van der Waals surface area contributed by atoms with Gasteiger partial charge in [-0.2, -0.15) is 4.39 Å². The molecule has 9 nitrogen and oxygen atoms in total. The number of ether oxygens (including phenoxy) is 1. The Kier molecular flexibility index (Phi) is 6.63. The number of nitrogens with one attached hydrogen (secondary N) is 1. The lowest BCUT2D eigenvalue weighted by molar-refractivity contribution is 0.0692. The van der Waals surface area contributed by atoms with E-state index in [1.807, 2.05) is 24.0 Å². The van der Waals surface area contributed by atoms with Gasteiger partial charge in [-0.15, -0.1) is 0 Å². The molecule has 2 aliphatic rings. The van der Waals surface area contributed by atoms with E-state index in [2.05, 4.69) is 15.3 Å². The molecule has 1 aliphatic carbocycles. The van der Waals surface area contributed by atoms with Crippen molar-refractivity contribution in [1.82, 2.24) is 19.3 Å². The van der Waals surface area contributed by atoms with Crippen LogP contribution in [0.15, 0.2) is 48.9 Å². The summed E-state index contributed by atoms with van der Waals surface area (Å²) >= 11 is 0. The minimum absolute atomic E-state index is 0.0158. The zero-order chi connectivity index (χ0) is 28.0. The highest BCUT2D eigenvalue weighted by Gasteiger charge is 2.42. The molecule has 5 N–H and O–H groups in total. The summed E-state index contributed by atoms with van der Waals surface area (Å²) in [7, 11) is 0. The number of likely N-dealkylation sites (tertiary alicyclic amines) is 1. The summed E-state index contributed by atoms with van der Waals surface area (Å²) in [5, 5.41) is 3.24. The molecule has 1 aliphatic heterocycles. The van der Waals surface area contributed by atoms with Crippen molar-refractivity contribution in [1.29, 1.82) is 0 Å². The molecular formula is C29H31F2N7O2. The maximum Gasteiger partial charge on any atom is 0.254 e. The average Bonchev–Trinajstić information content (AvgIpc) is 3.53. The van der Waals surface area contributed by atoms with Crippen LogP contribution in [0.4, 0.5) is 20.3 Å². The van der Waals surface area contributed by atoms with Gasteiger partial charge in [0, 0.05) is 55.1 Å². The number of fused-ring (bicyclic) bond motifs is 1. The number of amides is 1. The molecular weight excluding hydrogens is 516 g/mol. The molecule has 3 heterocycles. The van der Waals surface area contributed by atoms with Gasteiger partial charge in [0.05, 0.1) is 11.9 Å². The molecule has 0 radical (unpaired) electrons. The Bertz CT molecular complexity index is 1590. The molecule has 11 heteroatoms. The lowest BCUT2D eigenvalue weighted by Crippen LogP contribution is -2.40. The van der Waals surface area contributed by atoms with Crippen molar-refractivity contribution in [2.24, 2.45) is 17.4 Å². The Morgan fingerprint density at radius 1 is 1.15 bits per heavy atom. The first-order valence-corrected chi connectivity index (χ1v) is 13.4. The van der Waals surface area contributed by atoms with Crippen LogP contribution in [0.5, 0.6) is 5.75 Å². The largest absolute Gasteiger partial charge is 0.470 e. The van der Waals surface area contributed by atoms with Gasteiger partial charge in [-0.3, -0.25) is 14.9 Å². The van der Waals surface area contributed by atoms with Gasteiger partial charge in [0.15, 0.2) is 28.8 Å². The van der Waals surface area contributed by atoms with Crippen LogP contribution in [-0.2, 0) is 0 Å². The number of benzene rings is 2. The summed E-state index contributed by atoms with van der Waals surface area (Å²) in [6, 6.07) is 8.34. The molecule has 2 aromatic carbocycles. The monoisotopic (exact) mass is 547 g/mol. The second-order valence-electron chi connectivity index (χ2n) is 10.6. The van der Waals surface area contributed by atoms with Crippen molar-refractivity contribution >= 4 is 23.1 Å². The highest BCUT2D eigenvalue weighted by atomic mass is 19.2. The molecule has 4 aromatic rings. The van der Waals surface area contributed by atoms with Crippen LogP contribution in [-0.4, -0.2) is 50.5 Å². The van der Waals surface area contributed by atoms with Crippen molar-refractivity contribution in [3.8, 4) is 17.0 Å². The van der Waals surface area contributed by atoms with Crippen LogP contribution < -0.4 is 21.5 Å². The third kappa shape index (κ3) is 4.86. The second kappa shape index (κ2) is 10.1. The van der Waals surface area contributed by atoms with Crippen LogP contribution in [0.3, 0.4) is 0 Å². The van der Waals surface area contributed by atoms with E-state index in [4.69, 9.17) is 16.2 Å². The lowest BCUT2D eigenvalue weighted by atomic mass is 9.96. The fourth-order valence-corrected chi connectivity index (χ4v) is 5.12. The second-order valence-corrected chi connectivity index (χ2v) is 10.6. The van der Waals surface area contributed by atoms with E-state index in [-0.39, 0.29) is 17.2 Å². The number of halogens is 2. The molecule has 1 amide bonds. The molecule has 2 fully saturated rings. The van der Waals surface area contributed by atoms with Gasteiger partial charge >= 0.3 is 0 Å². The number of hydrogen-bond donors (Lipinski definition) is 3. The zero-order valence-corrected chi connectivity index (χ0v) is 22.2. The molecule has 40 heavy (non-hydrogen) atoms. The van der Waals surface area contributed by atoms with E-state index in [9.17, 15) is 9.18 Å². The number of carbonyl (C=O) groups excluding carboxylic acids is 1. The fraction of sp³-hybridized carbons (Fsp3) is 0.345. The van der Waals surface area contributed by atoms with Crippen molar-refractivity contribution in [2.45, 2.75) is 38.3 Å². The van der Waals surface area contributed by atoms with Crippen LogP contribution in [0, 0.1) is 24.5 Å². The Morgan fingerprint density at radius 2 is 1.93 bits per heavy atom. The topological polar surface area (TPSA) is 124 Å². The molecule has 0 unspecified atom stereocenters. The first-order valence-electron chi connectivity index (χ1n) is 13.4. The van der Waals surface area contributed by atoms with E-state index < -0.39 is 17.4 Å². The number of piperidine rings is 1. The molecule has 6 rings (SSSR count). The van der Waals surface area contributed by atoms with Gasteiger partial charge < -0.3 is 20.7 Å².